The fourth-order valence-corrected chi connectivity index (χ4v) is 2.50. The topological polar surface area (TPSA) is 129 Å². The molecule has 0 radical (unpaired) electrons. The molecule has 1 amide bonds. The molecule has 8 nitrogen and oxygen atoms in total. The van der Waals surface area contributed by atoms with Gasteiger partial charge in [-0.05, 0) is 45.8 Å². The number of halogens is 1. The number of esters is 1. The lowest BCUT2D eigenvalue weighted by Crippen LogP contribution is -2.28. The highest BCUT2D eigenvalue weighted by Gasteiger charge is 2.14. The third-order valence-corrected chi connectivity index (χ3v) is 4.21. The summed E-state index contributed by atoms with van der Waals surface area (Å²) >= 11 is 3.05. The van der Waals surface area contributed by atoms with Gasteiger partial charge < -0.3 is 14.5 Å². The second-order valence-electron chi connectivity index (χ2n) is 4.65. The van der Waals surface area contributed by atoms with E-state index in [9.17, 15) is 18.0 Å². The molecule has 0 spiro atoms. The van der Waals surface area contributed by atoms with Gasteiger partial charge in [0, 0.05) is 6.54 Å². The van der Waals surface area contributed by atoms with E-state index in [4.69, 9.17) is 14.3 Å². The Bertz CT molecular complexity index is 844. The number of carbonyl (C=O) groups is 2. The van der Waals surface area contributed by atoms with Crippen molar-refractivity contribution in [2.75, 3.05) is 6.61 Å². The molecule has 0 bridgehead atoms. The summed E-state index contributed by atoms with van der Waals surface area (Å²) in [6.07, 6.45) is 0. The van der Waals surface area contributed by atoms with E-state index in [-0.39, 0.29) is 17.2 Å². The maximum Gasteiger partial charge on any atom is 0.374 e. The fraction of sp³-hybridized carbons (Fsp3) is 0.143. The largest absolute Gasteiger partial charge is 0.450 e. The van der Waals surface area contributed by atoms with Crippen LogP contribution in [0.15, 0.2) is 50.4 Å². The van der Waals surface area contributed by atoms with Crippen molar-refractivity contribution in [2.24, 2.45) is 5.14 Å². The Labute approximate surface area is 146 Å². The molecule has 0 saturated heterocycles. The van der Waals surface area contributed by atoms with Crippen molar-refractivity contribution in [3.63, 3.8) is 0 Å². The molecule has 24 heavy (non-hydrogen) atoms. The smallest absolute Gasteiger partial charge is 0.374 e. The van der Waals surface area contributed by atoms with Gasteiger partial charge in [-0.3, -0.25) is 4.79 Å². The molecule has 10 heteroatoms. The van der Waals surface area contributed by atoms with Crippen LogP contribution < -0.4 is 10.5 Å². The summed E-state index contributed by atoms with van der Waals surface area (Å²) in [5.41, 5.74) is 0.664. The van der Waals surface area contributed by atoms with E-state index in [0.29, 0.717) is 10.2 Å². The van der Waals surface area contributed by atoms with Crippen molar-refractivity contribution in [3.8, 4) is 0 Å². The quantitative estimate of drug-likeness (QED) is 0.679. The normalized spacial score (nSPS) is 11.1. The van der Waals surface area contributed by atoms with E-state index < -0.39 is 28.5 Å². The summed E-state index contributed by atoms with van der Waals surface area (Å²) in [7, 11) is -3.75. The highest BCUT2D eigenvalue weighted by Crippen LogP contribution is 2.14. The van der Waals surface area contributed by atoms with Crippen molar-refractivity contribution in [1.29, 1.82) is 0 Å². The molecule has 1 aromatic heterocycles. The summed E-state index contributed by atoms with van der Waals surface area (Å²) in [6, 6.07) is 8.66. The molecule has 0 atom stereocenters. The Hall–Kier alpha value is -2.17. The summed E-state index contributed by atoms with van der Waals surface area (Å²) in [5.74, 6) is -1.29. The summed E-state index contributed by atoms with van der Waals surface area (Å²) in [5, 5.41) is 7.52. The number of furan rings is 1. The van der Waals surface area contributed by atoms with E-state index in [1.54, 1.807) is 0 Å². The third kappa shape index (κ3) is 5.18. The minimum absolute atomic E-state index is 0.0175. The van der Waals surface area contributed by atoms with Gasteiger partial charge in [-0.2, -0.15) is 0 Å². The lowest BCUT2D eigenvalue weighted by molar-refractivity contribution is -0.124. The lowest BCUT2D eigenvalue weighted by atomic mass is 10.2. The van der Waals surface area contributed by atoms with Crippen LogP contribution in [0.1, 0.15) is 16.1 Å². The molecular formula is C14H13BrN2O6S. The summed E-state index contributed by atoms with van der Waals surface area (Å²) in [6.45, 7) is -0.319. The highest BCUT2D eigenvalue weighted by atomic mass is 79.9. The first kappa shape index (κ1) is 18.2. The lowest BCUT2D eigenvalue weighted by Gasteiger charge is -2.06. The Kier molecular flexibility index (Phi) is 5.75. The molecule has 2 rings (SSSR count). The molecule has 0 unspecified atom stereocenters. The van der Waals surface area contributed by atoms with Crippen molar-refractivity contribution in [1.82, 2.24) is 5.32 Å². The zero-order chi connectivity index (χ0) is 17.7. The van der Waals surface area contributed by atoms with Gasteiger partial charge in [0.15, 0.2) is 11.3 Å². The number of carbonyl (C=O) groups excluding carboxylic acids is 2. The molecule has 0 saturated carbocycles. The maximum absolute atomic E-state index is 11.6. The number of sulfonamides is 1. The van der Waals surface area contributed by atoms with Crippen LogP contribution in [0.3, 0.4) is 0 Å². The van der Waals surface area contributed by atoms with Gasteiger partial charge in [-0.25, -0.2) is 18.4 Å². The first-order valence-electron chi connectivity index (χ1n) is 6.56. The van der Waals surface area contributed by atoms with Crippen molar-refractivity contribution < 1.29 is 27.2 Å². The zero-order valence-corrected chi connectivity index (χ0v) is 14.6. The maximum atomic E-state index is 11.6. The van der Waals surface area contributed by atoms with Crippen molar-refractivity contribution >= 4 is 37.8 Å². The molecule has 0 fully saturated rings. The molecule has 2 aromatic rings. The fourth-order valence-electron chi connectivity index (χ4n) is 1.67. The number of hydrogen-bond acceptors (Lipinski definition) is 6. The first-order chi connectivity index (χ1) is 11.3. The first-order valence-corrected chi connectivity index (χ1v) is 8.90. The molecule has 0 aliphatic rings. The van der Waals surface area contributed by atoms with Crippen LogP contribution in [-0.4, -0.2) is 26.9 Å². The number of ether oxygens (including phenoxy) is 1. The predicted molar refractivity (Wildman–Crippen MR) is 86.4 cm³/mol. The Balaban J connectivity index is 1.80. The molecule has 128 valence electrons. The average Bonchev–Trinajstić information content (AvgIpc) is 2.96. The van der Waals surface area contributed by atoms with Crippen LogP contribution in [0, 0.1) is 0 Å². The van der Waals surface area contributed by atoms with Gasteiger partial charge in [0.1, 0.15) is 0 Å². The monoisotopic (exact) mass is 416 g/mol. The molecule has 0 aliphatic carbocycles. The number of nitrogens with one attached hydrogen (secondary N) is 1. The van der Waals surface area contributed by atoms with Crippen molar-refractivity contribution in [3.05, 3.63) is 52.4 Å². The highest BCUT2D eigenvalue weighted by molar-refractivity contribution is 9.10. The minimum atomic E-state index is -3.75. The van der Waals surface area contributed by atoms with Crippen LogP contribution >= 0.6 is 15.9 Å². The second-order valence-corrected chi connectivity index (χ2v) is 6.99. The van der Waals surface area contributed by atoms with Gasteiger partial charge in [0.05, 0.1) is 4.90 Å². The van der Waals surface area contributed by atoms with Crippen LogP contribution in [0.2, 0.25) is 0 Å². The van der Waals surface area contributed by atoms with Gasteiger partial charge in [0.25, 0.3) is 5.91 Å². The standard InChI is InChI=1S/C14H13BrN2O6S/c15-12-6-5-11(23-12)14(19)22-8-13(18)17-7-9-1-3-10(4-2-9)24(16,20)21/h1-6H,7-8H2,(H,17,18)(H2,16,20,21). The Morgan fingerprint density at radius 1 is 1.17 bits per heavy atom. The van der Waals surface area contributed by atoms with E-state index in [0.717, 1.165) is 0 Å². The zero-order valence-electron chi connectivity index (χ0n) is 12.2. The van der Waals surface area contributed by atoms with E-state index in [1.807, 2.05) is 0 Å². The predicted octanol–water partition coefficient (Wildman–Crippen LogP) is 1.16. The Morgan fingerprint density at radius 2 is 1.83 bits per heavy atom. The number of hydrogen-bond donors (Lipinski definition) is 2. The molecule has 0 aliphatic heterocycles. The van der Waals surface area contributed by atoms with Gasteiger partial charge in [-0.15, -0.1) is 0 Å². The van der Waals surface area contributed by atoms with E-state index in [2.05, 4.69) is 21.2 Å². The second kappa shape index (κ2) is 7.60. The van der Waals surface area contributed by atoms with Gasteiger partial charge in [0.2, 0.25) is 15.8 Å². The SMILES string of the molecule is NS(=O)(=O)c1ccc(CNC(=O)COC(=O)c2ccc(Br)o2)cc1. The number of benzene rings is 1. The van der Waals surface area contributed by atoms with Gasteiger partial charge in [-0.1, -0.05) is 12.1 Å². The van der Waals surface area contributed by atoms with Crippen molar-refractivity contribution in [2.45, 2.75) is 11.4 Å². The molecular weight excluding hydrogens is 404 g/mol. The molecule has 1 heterocycles. The number of rotatable bonds is 6. The van der Waals surface area contributed by atoms with E-state index >= 15 is 0 Å². The van der Waals surface area contributed by atoms with Crippen LogP contribution in [0.4, 0.5) is 0 Å². The van der Waals surface area contributed by atoms with E-state index in [1.165, 1.54) is 36.4 Å². The number of primary sulfonamides is 1. The summed E-state index contributed by atoms with van der Waals surface area (Å²) < 4.78 is 32.4. The van der Waals surface area contributed by atoms with Crippen LogP contribution in [0.25, 0.3) is 0 Å². The number of nitrogens with two attached hydrogens (primary N) is 1. The average molecular weight is 417 g/mol. The molecule has 1 aromatic carbocycles. The van der Waals surface area contributed by atoms with Crippen LogP contribution in [-0.2, 0) is 26.1 Å². The molecule has 3 N–H and O–H groups in total. The third-order valence-electron chi connectivity index (χ3n) is 2.85. The van der Waals surface area contributed by atoms with Crippen LogP contribution in [0.5, 0.6) is 0 Å². The Morgan fingerprint density at radius 3 is 2.38 bits per heavy atom. The number of amides is 1. The minimum Gasteiger partial charge on any atom is -0.450 e. The summed E-state index contributed by atoms with van der Waals surface area (Å²) in [4.78, 5) is 23.2. The van der Waals surface area contributed by atoms with Gasteiger partial charge >= 0.3 is 5.97 Å².